The van der Waals surface area contributed by atoms with Crippen LogP contribution in [0, 0.1) is 12.3 Å². The number of hydrogen-bond donors (Lipinski definition) is 1. The van der Waals surface area contributed by atoms with E-state index in [2.05, 4.69) is 34.0 Å². The zero-order chi connectivity index (χ0) is 22.6. The summed E-state index contributed by atoms with van der Waals surface area (Å²) in [5.74, 6) is 0.378. The fourth-order valence-corrected chi connectivity index (χ4v) is 5.39. The summed E-state index contributed by atoms with van der Waals surface area (Å²) in [5, 5.41) is 23.2. The molecule has 32 heavy (non-hydrogen) atoms. The number of phenolic OH excluding ortho intramolecular Hbond substituents is 1. The van der Waals surface area contributed by atoms with Gasteiger partial charge in [0.1, 0.15) is 11.9 Å². The second-order valence-corrected chi connectivity index (χ2v) is 9.65. The molecule has 0 radical (unpaired) electrons. The van der Waals surface area contributed by atoms with Crippen molar-refractivity contribution in [3.05, 3.63) is 48.3 Å². The second-order valence-electron chi connectivity index (χ2n) is 9.65. The summed E-state index contributed by atoms with van der Waals surface area (Å²) in [4.78, 5) is 2.16. The first-order valence-corrected chi connectivity index (χ1v) is 11.0. The third-order valence-electron chi connectivity index (χ3n) is 6.89. The van der Waals surface area contributed by atoms with Gasteiger partial charge in [-0.1, -0.05) is 13.8 Å². The topological polar surface area (TPSA) is 76.3 Å². The van der Waals surface area contributed by atoms with Gasteiger partial charge in [0.25, 0.3) is 0 Å². The number of rotatable bonds is 4. The highest BCUT2D eigenvalue weighted by Crippen LogP contribution is 2.48. The third-order valence-corrected chi connectivity index (χ3v) is 6.89. The van der Waals surface area contributed by atoms with Gasteiger partial charge in [-0.2, -0.15) is 5.10 Å². The molecule has 0 saturated carbocycles. The molecule has 4 atom stereocenters. The van der Waals surface area contributed by atoms with Crippen molar-refractivity contribution in [3.63, 3.8) is 0 Å². The van der Waals surface area contributed by atoms with Crippen molar-refractivity contribution < 1.29 is 14.2 Å². The van der Waals surface area contributed by atoms with Crippen LogP contribution >= 0.6 is 0 Å². The van der Waals surface area contributed by atoms with Crippen LogP contribution in [0.5, 0.6) is 11.6 Å². The first kappa shape index (κ1) is 20.9. The van der Waals surface area contributed by atoms with Crippen LogP contribution in [0.3, 0.4) is 0 Å². The average Bonchev–Trinajstić information content (AvgIpc) is 3.24. The van der Waals surface area contributed by atoms with E-state index in [-0.39, 0.29) is 17.2 Å². The van der Waals surface area contributed by atoms with E-state index in [9.17, 15) is 5.11 Å². The van der Waals surface area contributed by atoms with E-state index < -0.39 is 12.3 Å². The zero-order valence-corrected chi connectivity index (χ0v) is 18.7. The monoisotopic (exact) mass is 437 g/mol. The molecule has 5 rings (SSSR count). The Labute approximate surface area is 186 Å². The number of piperidine rings is 1. The number of nitrogens with zero attached hydrogens (tertiary/aromatic N) is 5. The lowest BCUT2D eigenvalue weighted by molar-refractivity contribution is -0.0306. The maximum atomic E-state index is 15.3. The van der Waals surface area contributed by atoms with E-state index in [1.54, 1.807) is 28.9 Å². The predicted octanol–water partition coefficient (Wildman–Crippen LogP) is 3.93. The molecule has 2 aliphatic heterocycles. The van der Waals surface area contributed by atoms with Gasteiger partial charge in [-0.05, 0) is 50.1 Å². The molecule has 2 bridgehead atoms. The van der Waals surface area contributed by atoms with Crippen LogP contribution in [0.25, 0.3) is 16.9 Å². The number of fused-ring (bicyclic) bond motifs is 2. The van der Waals surface area contributed by atoms with Gasteiger partial charge in [0.2, 0.25) is 5.88 Å². The summed E-state index contributed by atoms with van der Waals surface area (Å²) in [6, 6.07) is 10.7. The Kier molecular flexibility index (Phi) is 4.93. The molecule has 0 aliphatic carbocycles. The summed E-state index contributed by atoms with van der Waals surface area (Å²) in [5.41, 5.74) is 2.64. The Morgan fingerprint density at radius 1 is 1.16 bits per heavy atom. The molecule has 7 nitrogen and oxygen atoms in total. The molecule has 1 N–H and O–H groups in total. The quantitative estimate of drug-likeness (QED) is 0.667. The van der Waals surface area contributed by atoms with Crippen LogP contribution in [0.4, 0.5) is 4.39 Å². The first-order valence-electron chi connectivity index (χ1n) is 11.0. The summed E-state index contributed by atoms with van der Waals surface area (Å²) < 4.78 is 22.9. The molecule has 2 aromatic heterocycles. The Morgan fingerprint density at radius 2 is 1.97 bits per heavy atom. The number of hydrogen-bond acceptors (Lipinski definition) is 6. The van der Waals surface area contributed by atoms with Crippen molar-refractivity contribution in [3.8, 4) is 28.6 Å². The standard InChI is InChI=1S/C24H28FN5O2/c1-14-9-10-30(28-14)15-5-6-17(19(31)11-15)18-7-8-21(27-26-18)32-20-12-16-13-24(2,3)23(22(20)25)29(16)4/h5-11,16,20,22-23,31H,12-13H2,1-4H3. The molecule has 3 aromatic rings. The summed E-state index contributed by atoms with van der Waals surface area (Å²) in [7, 11) is 2.01. The molecule has 2 saturated heterocycles. The van der Waals surface area contributed by atoms with E-state index in [4.69, 9.17) is 4.74 Å². The number of aromatic nitrogens is 4. The lowest BCUT2D eigenvalue weighted by atomic mass is 9.82. The van der Waals surface area contributed by atoms with Crippen molar-refractivity contribution in [2.75, 3.05) is 7.05 Å². The molecule has 1 aromatic carbocycles. The maximum absolute atomic E-state index is 15.3. The minimum atomic E-state index is -1.09. The van der Waals surface area contributed by atoms with E-state index in [1.165, 1.54) is 0 Å². The van der Waals surface area contributed by atoms with Crippen molar-refractivity contribution in [2.45, 2.75) is 58.0 Å². The van der Waals surface area contributed by atoms with Crippen LogP contribution in [-0.4, -0.2) is 61.4 Å². The van der Waals surface area contributed by atoms with E-state index in [1.807, 2.05) is 32.3 Å². The summed E-state index contributed by atoms with van der Waals surface area (Å²) in [6.07, 6.45) is 1.82. The smallest absolute Gasteiger partial charge is 0.233 e. The Morgan fingerprint density at radius 3 is 2.62 bits per heavy atom. The van der Waals surface area contributed by atoms with Crippen LogP contribution in [0.1, 0.15) is 32.4 Å². The largest absolute Gasteiger partial charge is 0.507 e. The van der Waals surface area contributed by atoms with Gasteiger partial charge in [-0.25, -0.2) is 9.07 Å². The number of aromatic hydroxyl groups is 1. The lowest BCUT2D eigenvalue weighted by Gasteiger charge is -2.41. The van der Waals surface area contributed by atoms with Crippen molar-refractivity contribution in [1.82, 2.24) is 24.9 Å². The third kappa shape index (κ3) is 3.52. The molecule has 0 spiro atoms. The maximum Gasteiger partial charge on any atom is 0.233 e. The van der Waals surface area contributed by atoms with Gasteiger partial charge >= 0.3 is 0 Å². The van der Waals surface area contributed by atoms with Crippen LogP contribution in [-0.2, 0) is 0 Å². The Hall–Kier alpha value is -3.00. The minimum Gasteiger partial charge on any atom is -0.507 e. The van der Waals surface area contributed by atoms with Gasteiger partial charge in [-0.3, -0.25) is 4.90 Å². The van der Waals surface area contributed by atoms with Gasteiger partial charge in [0.05, 0.1) is 17.1 Å². The fraction of sp³-hybridized carbons (Fsp3) is 0.458. The molecule has 0 amide bonds. The zero-order valence-electron chi connectivity index (χ0n) is 18.7. The normalized spacial score (nSPS) is 26.9. The average molecular weight is 438 g/mol. The highest BCUT2D eigenvalue weighted by atomic mass is 19.1. The minimum absolute atomic E-state index is 0.0783. The SMILES string of the molecule is Cc1ccn(-c2ccc(-c3ccc(OC4CC5CC(C)(C)C(C4F)N5C)nn3)c(O)c2)n1. The van der Waals surface area contributed by atoms with Crippen LogP contribution < -0.4 is 4.74 Å². The van der Waals surface area contributed by atoms with Crippen molar-refractivity contribution in [1.29, 1.82) is 0 Å². The van der Waals surface area contributed by atoms with E-state index in [0.29, 0.717) is 29.6 Å². The Bertz CT molecular complexity index is 1130. The number of halogens is 1. The number of phenols is 1. The molecule has 2 fully saturated rings. The van der Waals surface area contributed by atoms with Crippen molar-refractivity contribution >= 4 is 0 Å². The van der Waals surface area contributed by atoms with Crippen LogP contribution in [0.15, 0.2) is 42.6 Å². The summed E-state index contributed by atoms with van der Waals surface area (Å²) in [6.45, 7) is 6.16. The molecular formula is C24H28FN5O2. The second kappa shape index (κ2) is 7.55. The Balaban J connectivity index is 1.32. The van der Waals surface area contributed by atoms with Gasteiger partial charge < -0.3 is 9.84 Å². The number of ether oxygens (including phenoxy) is 1. The molecular weight excluding hydrogens is 409 g/mol. The van der Waals surface area contributed by atoms with E-state index in [0.717, 1.165) is 17.8 Å². The number of alkyl halides is 1. The number of aryl methyl sites for hydroxylation is 1. The number of benzene rings is 1. The van der Waals surface area contributed by atoms with Crippen LogP contribution in [0.2, 0.25) is 0 Å². The summed E-state index contributed by atoms with van der Waals surface area (Å²) >= 11 is 0. The van der Waals surface area contributed by atoms with Gasteiger partial charge in [0.15, 0.2) is 6.17 Å². The first-order chi connectivity index (χ1) is 15.2. The van der Waals surface area contributed by atoms with E-state index >= 15 is 4.39 Å². The highest BCUT2D eigenvalue weighted by molar-refractivity contribution is 5.68. The van der Waals surface area contributed by atoms with Gasteiger partial charge in [0, 0.05) is 42.4 Å². The molecule has 4 unspecified atom stereocenters. The highest BCUT2D eigenvalue weighted by Gasteiger charge is 2.56. The lowest BCUT2D eigenvalue weighted by Crippen LogP contribution is -2.55. The van der Waals surface area contributed by atoms with Crippen molar-refractivity contribution in [2.24, 2.45) is 5.41 Å². The molecule has 2 aliphatic rings. The molecule has 8 heteroatoms. The van der Waals surface area contributed by atoms with Gasteiger partial charge in [-0.15, -0.1) is 10.2 Å². The molecule has 168 valence electrons. The predicted molar refractivity (Wildman–Crippen MR) is 119 cm³/mol. The fourth-order valence-electron chi connectivity index (χ4n) is 5.39. The molecule has 4 heterocycles.